The maximum absolute atomic E-state index is 10.0. The van der Waals surface area contributed by atoms with Gasteiger partial charge in [-0.15, -0.1) is 22.7 Å². The van der Waals surface area contributed by atoms with Crippen LogP contribution in [-0.4, -0.2) is 5.11 Å². The van der Waals surface area contributed by atoms with Crippen LogP contribution in [0.3, 0.4) is 0 Å². The predicted octanol–water partition coefficient (Wildman–Crippen LogP) is 4.42. The first-order valence-electron chi connectivity index (χ1n) is 3.84. The second-order valence-corrected chi connectivity index (χ2v) is 7.43. The highest BCUT2D eigenvalue weighted by Crippen LogP contribution is 2.38. The van der Waals surface area contributed by atoms with Crippen LogP contribution in [-0.2, 0) is 0 Å². The van der Waals surface area contributed by atoms with E-state index in [4.69, 9.17) is 0 Å². The van der Waals surface area contributed by atoms with Crippen LogP contribution in [0.1, 0.15) is 16.5 Å². The first-order chi connectivity index (χ1) is 6.68. The van der Waals surface area contributed by atoms with Gasteiger partial charge in [0.25, 0.3) is 0 Å². The summed E-state index contributed by atoms with van der Waals surface area (Å²) in [6.07, 6.45) is -0.521. The molecule has 74 valence electrons. The molecule has 0 saturated heterocycles. The van der Waals surface area contributed by atoms with Crippen molar-refractivity contribution in [1.29, 1.82) is 0 Å². The third-order valence-corrected chi connectivity index (χ3v) is 5.10. The van der Waals surface area contributed by atoms with Crippen LogP contribution in [0.15, 0.2) is 31.2 Å². The zero-order valence-electron chi connectivity index (χ0n) is 6.91. The van der Waals surface area contributed by atoms with Gasteiger partial charge in [0.05, 0.1) is 7.57 Å². The summed E-state index contributed by atoms with van der Waals surface area (Å²) in [4.78, 5) is 0.969. The summed E-state index contributed by atoms with van der Waals surface area (Å²) in [5, 5.41) is 12.0. The molecule has 5 heteroatoms. The molecule has 2 rings (SSSR count). The lowest BCUT2D eigenvalue weighted by atomic mass is 10.2. The quantitative estimate of drug-likeness (QED) is 0.847. The van der Waals surface area contributed by atoms with Gasteiger partial charge in [-0.1, -0.05) is 6.07 Å². The molecule has 0 radical (unpaired) electrons. The van der Waals surface area contributed by atoms with Crippen molar-refractivity contribution in [2.24, 2.45) is 0 Å². The summed E-state index contributed by atoms with van der Waals surface area (Å²) in [7, 11) is 0. The summed E-state index contributed by atoms with van der Waals surface area (Å²) >= 11 is 9.97. The number of hydrogen-bond acceptors (Lipinski definition) is 3. The molecular formula is C9H6Br2OS2. The molecule has 1 nitrogen and oxygen atoms in total. The molecule has 2 aromatic heterocycles. The Hall–Kier alpha value is 0.320. The molecular weight excluding hydrogens is 348 g/mol. The van der Waals surface area contributed by atoms with Crippen molar-refractivity contribution in [1.82, 2.24) is 0 Å². The monoisotopic (exact) mass is 352 g/mol. The van der Waals surface area contributed by atoms with Gasteiger partial charge in [-0.05, 0) is 49.4 Å². The van der Waals surface area contributed by atoms with Crippen LogP contribution >= 0.6 is 54.5 Å². The van der Waals surface area contributed by atoms with Crippen LogP contribution < -0.4 is 0 Å². The smallest absolute Gasteiger partial charge is 0.115 e. The lowest BCUT2D eigenvalue weighted by Gasteiger charge is -2.06. The largest absolute Gasteiger partial charge is 0.383 e. The first-order valence-corrected chi connectivity index (χ1v) is 7.13. The minimum atomic E-state index is -0.521. The average molecular weight is 354 g/mol. The Bertz CT molecular complexity index is 422. The fourth-order valence-electron chi connectivity index (χ4n) is 1.14. The number of rotatable bonds is 2. The number of aliphatic hydroxyl groups excluding tert-OH is 1. The van der Waals surface area contributed by atoms with E-state index < -0.39 is 6.10 Å². The van der Waals surface area contributed by atoms with Gasteiger partial charge in [0.2, 0.25) is 0 Å². The van der Waals surface area contributed by atoms with E-state index in [1.807, 2.05) is 23.6 Å². The number of hydrogen-bond donors (Lipinski definition) is 1. The minimum Gasteiger partial charge on any atom is -0.383 e. The fraction of sp³-hybridized carbons (Fsp3) is 0.111. The van der Waals surface area contributed by atoms with Gasteiger partial charge in [-0.25, -0.2) is 0 Å². The Morgan fingerprint density at radius 2 is 2.14 bits per heavy atom. The molecule has 1 unspecified atom stereocenters. The zero-order chi connectivity index (χ0) is 10.1. The van der Waals surface area contributed by atoms with Crippen molar-refractivity contribution in [2.45, 2.75) is 6.10 Å². The Labute approximate surface area is 107 Å². The molecule has 0 saturated carbocycles. The van der Waals surface area contributed by atoms with Gasteiger partial charge in [0, 0.05) is 10.4 Å². The standard InChI is InChI=1S/C9H6Br2OS2/c10-7-4-5(9(11)14-7)8(12)6-2-1-3-13-6/h1-4,8,12H. The Morgan fingerprint density at radius 1 is 1.36 bits per heavy atom. The zero-order valence-corrected chi connectivity index (χ0v) is 11.7. The summed E-state index contributed by atoms with van der Waals surface area (Å²) in [6, 6.07) is 5.82. The summed E-state index contributed by atoms with van der Waals surface area (Å²) in [5.74, 6) is 0. The predicted molar refractivity (Wildman–Crippen MR) is 68.1 cm³/mol. The summed E-state index contributed by atoms with van der Waals surface area (Å²) < 4.78 is 2.00. The fourth-order valence-corrected chi connectivity index (χ4v) is 4.75. The van der Waals surface area contributed by atoms with E-state index in [9.17, 15) is 5.11 Å². The molecule has 2 aromatic rings. The van der Waals surface area contributed by atoms with E-state index in [1.165, 1.54) is 0 Å². The van der Waals surface area contributed by atoms with Crippen molar-refractivity contribution >= 4 is 54.5 Å². The van der Waals surface area contributed by atoms with Crippen molar-refractivity contribution in [3.05, 3.63) is 41.6 Å². The van der Waals surface area contributed by atoms with Crippen LogP contribution in [0.5, 0.6) is 0 Å². The normalized spacial score (nSPS) is 13.1. The molecule has 0 aliphatic heterocycles. The van der Waals surface area contributed by atoms with Crippen molar-refractivity contribution in [3.8, 4) is 0 Å². The second kappa shape index (κ2) is 4.45. The molecule has 0 amide bonds. The molecule has 0 aromatic carbocycles. The maximum Gasteiger partial charge on any atom is 0.115 e. The Balaban J connectivity index is 2.36. The highest BCUT2D eigenvalue weighted by atomic mass is 79.9. The molecule has 0 aliphatic carbocycles. The first kappa shape index (κ1) is 10.8. The van der Waals surface area contributed by atoms with Gasteiger partial charge in [-0.3, -0.25) is 0 Å². The van der Waals surface area contributed by atoms with Gasteiger partial charge < -0.3 is 5.11 Å². The van der Waals surface area contributed by atoms with Crippen molar-refractivity contribution < 1.29 is 5.11 Å². The maximum atomic E-state index is 10.0. The highest BCUT2D eigenvalue weighted by molar-refractivity contribution is 9.12. The molecule has 2 heterocycles. The van der Waals surface area contributed by atoms with E-state index in [-0.39, 0.29) is 0 Å². The van der Waals surface area contributed by atoms with E-state index in [2.05, 4.69) is 31.9 Å². The topological polar surface area (TPSA) is 20.2 Å². The third kappa shape index (κ3) is 2.12. The number of aliphatic hydroxyl groups is 1. The van der Waals surface area contributed by atoms with Crippen LogP contribution in [0, 0.1) is 0 Å². The Kier molecular flexibility index (Phi) is 3.44. The van der Waals surface area contributed by atoms with Crippen molar-refractivity contribution in [3.63, 3.8) is 0 Å². The Morgan fingerprint density at radius 3 is 2.64 bits per heavy atom. The van der Waals surface area contributed by atoms with Crippen molar-refractivity contribution in [2.75, 3.05) is 0 Å². The van der Waals surface area contributed by atoms with Gasteiger partial charge in [-0.2, -0.15) is 0 Å². The number of thiophene rings is 2. The molecule has 14 heavy (non-hydrogen) atoms. The SMILES string of the molecule is OC(c1cccs1)c1cc(Br)sc1Br. The van der Waals surface area contributed by atoms with Crippen LogP contribution in [0.2, 0.25) is 0 Å². The van der Waals surface area contributed by atoms with Gasteiger partial charge >= 0.3 is 0 Å². The van der Waals surface area contributed by atoms with Crippen LogP contribution in [0.25, 0.3) is 0 Å². The minimum absolute atomic E-state index is 0.521. The van der Waals surface area contributed by atoms with Gasteiger partial charge in [0.15, 0.2) is 0 Å². The molecule has 1 N–H and O–H groups in total. The van der Waals surface area contributed by atoms with E-state index in [0.29, 0.717) is 0 Å². The molecule has 0 fully saturated rings. The highest BCUT2D eigenvalue weighted by Gasteiger charge is 2.16. The van der Waals surface area contributed by atoms with E-state index in [1.54, 1.807) is 22.7 Å². The van der Waals surface area contributed by atoms with E-state index >= 15 is 0 Å². The summed E-state index contributed by atoms with van der Waals surface area (Å²) in [5.41, 5.74) is 0.921. The van der Waals surface area contributed by atoms with E-state index in [0.717, 1.165) is 18.0 Å². The second-order valence-electron chi connectivity index (χ2n) is 2.70. The number of halogens is 2. The molecule has 0 aliphatic rings. The molecule has 0 bridgehead atoms. The average Bonchev–Trinajstić information content (AvgIpc) is 2.73. The lowest BCUT2D eigenvalue weighted by molar-refractivity contribution is 0.224. The summed E-state index contributed by atoms with van der Waals surface area (Å²) in [6.45, 7) is 0. The third-order valence-electron chi connectivity index (χ3n) is 1.79. The van der Waals surface area contributed by atoms with Crippen LogP contribution in [0.4, 0.5) is 0 Å². The molecule has 1 atom stereocenters. The lowest BCUT2D eigenvalue weighted by Crippen LogP contribution is -1.95. The van der Waals surface area contributed by atoms with Gasteiger partial charge in [0.1, 0.15) is 6.10 Å². The molecule has 0 spiro atoms.